The van der Waals surface area contributed by atoms with Crippen LogP contribution < -0.4 is 15.8 Å². The summed E-state index contributed by atoms with van der Waals surface area (Å²) in [5, 5.41) is 6.84. The average Bonchev–Trinajstić information content (AvgIpc) is 3.12. The van der Waals surface area contributed by atoms with Crippen LogP contribution in [-0.2, 0) is 0 Å². The molecule has 126 valence electrons. The van der Waals surface area contributed by atoms with E-state index in [-0.39, 0.29) is 17.5 Å². The van der Waals surface area contributed by atoms with Crippen LogP contribution in [0.5, 0.6) is 5.88 Å². The molecule has 0 atom stereocenters. The number of primary amides is 1. The molecule has 0 unspecified atom stereocenters. The Morgan fingerprint density at radius 3 is 2.56 bits per heavy atom. The smallest absolute Gasteiger partial charge is 0.269 e. The van der Waals surface area contributed by atoms with Crippen LogP contribution in [0.15, 0.2) is 54.9 Å². The number of pyridine rings is 1. The standard InChI is InChI=1S/C17H15N5O3/c1-25-17-13(3-2-9-19-17)16(24)20-11-4-6-12(7-5-11)22-10-8-14(21-22)15(18)23/h2-10H,1H3,(H2,18,23)(H,20,24). The fourth-order valence-electron chi connectivity index (χ4n) is 2.22. The lowest BCUT2D eigenvalue weighted by atomic mass is 10.2. The molecule has 2 amide bonds. The first-order valence-corrected chi connectivity index (χ1v) is 7.35. The van der Waals surface area contributed by atoms with Crippen LogP contribution in [0.2, 0.25) is 0 Å². The summed E-state index contributed by atoms with van der Waals surface area (Å²) in [5.41, 5.74) is 7.03. The number of hydrogen-bond donors (Lipinski definition) is 2. The number of rotatable bonds is 5. The number of aromatic nitrogens is 3. The third-order valence-corrected chi connectivity index (χ3v) is 3.44. The molecular weight excluding hydrogens is 322 g/mol. The van der Waals surface area contributed by atoms with E-state index in [0.29, 0.717) is 11.3 Å². The molecule has 8 nitrogen and oxygen atoms in total. The Morgan fingerprint density at radius 1 is 1.16 bits per heavy atom. The highest BCUT2D eigenvalue weighted by molar-refractivity contribution is 6.05. The highest BCUT2D eigenvalue weighted by atomic mass is 16.5. The number of ether oxygens (including phenoxy) is 1. The van der Waals surface area contributed by atoms with Gasteiger partial charge in [-0.05, 0) is 42.5 Å². The minimum Gasteiger partial charge on any atom is -0.480 e. The van der Waals surface area contributed by atoms with Crippen molar-refractivity contribution in [3.8, 4) is 11.6 Å². The summed E-state index contributed by atoms with van der Waals surface area (Å²) in [6.45, 7) is 0. The Kier molecular flexibility index (Phi) is 4.42. The molecule has 0 aliphatic carbocycles. The third kappa shape index (κ3) is 3.47. The van der Waals surface area contributed by atoms with E-state index in [2.05, 4.69) is 15.4 Å². The molecule has 8 heteroatoms. The maximum atomic E-state index is 12.3. The molecule has 0 aliphatic rings. The number of amides is 2. The van der Waals surface area contributed by atoms with Gasteiger partial charge in [-0.25, -0.2) is 9.67 Å². The molecule has 2 heterocycles. The molecule has 3 rings (SSSR count). The number of nitrogens with one attached hydrogen (secondary N) is 1. The molecule has 0 aliphatic heterocycles. The SMILES string of the molecule is COc1ncccc1C(=O)Nc1ccc(-n2ccc(C(N)=O)n2)cc1. The van der Waals surface area contributed by atoms with Crippen LogP contribution in [-0.4, -0.2) is 33.7 Å². The van der Waals surface area contributed by atoms with Gasteiger partial charge in [-0.15, -0.1) is 0 Å². The second-order valence-corrected chi connectivity index (χ2v) is 5.07. The molecule has 0 fully saturated rings. The van der Waals surface area contributed by atoms with Gasteiger partial charge in [0.15, 0.2) is 0 Å². The Labute approximate surface area is 143 Å². The van der Waals surface area contributed by atoms with Crippen molar-refractivity contribution in [2.24, 2.45) is 5.73 Å². The zero-order valence-corrected chi connectivity index (χ0v) is 13.3. The minimum atomic E-state index is -0.590. The first kappa shape index (κ1) is 16.2. The van der Waals surface area contributed by atoms with E-state index in [9.17, 15) is 9.59 Å². The molecule has 1 aromatic carbocycles. The van der Waals surface area contributed by atoms with Gasteiger partial charge in [-0.1, -0.05) is 0 Å². The lowest BCUT2D eigenvalue weighted by molar-refractivity contribution is 0.0992. The normalized spacial score (nSPS) is 10.3. The van der Waals surface area contributed by atoms with Gasteiger partial charge >= 0.3 is 0 Å². The topological polar surface area (TPSA) is 112 Å². The van der Waals surface area contributed by atoms with Crippen molar-refractivity contribution in [1.29, 1.82) is 0 Å². The Balaban J connectivity index is 1.76. The first-order chi connectivity index (χ1) is 12.1. The Hall–Kier alpha value is -3.68. The largest absolute Gasteiger partial charge is 0.480 e. The monoisotopic (exact) mass is 337 g/mol. The van der Waals surface area contributed by atoms with E-state index in [1.807, 2.05) is 0 Å². The van der Waals surface area contributed by atoms with Crippen molar-refractivity contribution in [2.75, 3.05) is 12.4 Å². The van der Waals surface area contributed by atoms with Crippen molar-refractivity contribution in [3.05, 3.63) is 66.1 Å². The van der Waals surface area contributed by atoms with Gasteiger partial charge in [0.2, 0.25) is 5.88 Å². The third-order valence-electron chi connectivity index (χ3n) is 3.44. The highest BCUT2D eigenvalue weighted by Crippen LogP contribution is 2.18. The van der Waals surface area contributed by atoms with Crippen LogP contribution in [0, 0.1) is 0 Å². The molecule has 25 heavy (non-hydrogen) atoms. The fraction of sp³-hybridized carbons (Fsp3) is 0.0588. The first-order valence-electron chi connectivity index (χ1n) is 7.35. The van der Waals surface area contributed by atoms with Gasteiger partial charge in [-0.2, -0.15) is 5.10 Å². The van der Waals surface area contributed by atoms with E-state index in [0.717, 1.165) is 5.69 Å². The second kappa shape index (κ2) is 6.83. The van der Waals surface area contributed by atoms with Crippen LogP contribution in [0.1, 0.15) is 20.8 Å². The number of hydrogen-bond acceptors (Lipinski definition) is 5. The van der Waals surface area contributed by atoms with E-state index in [4.69, 9.17) is 10.5 Å². The summed E-state index contributed by atoms with van der Waals surface area (Å²) >= 11 is 0. The molecule has 3 N–H and O–H groups in total. The summed E-state index contributed by atoms with van der Waals surface area (Å²) < 4.78 is 6.61. The zero-order chi connectivity index (χ0) is 17.8. The van der Waals surface area contributed by atoms with Crippen LogP contribution >= 0.6 is 0 Å². The van der Waals surface area contributed by atoms with Gasteiger partial charge < -0.3 is 15.8 Å². The Morgan fingerprint density at radius 2 is 1.92 bits per heavy atom. The molecule has 0 radical (unpaired) electrons. The number of nitrogens with two attached hydrogens (primary N) is 1. The van der Waals surface area contributed by atoms with Crippen molar-refractivity contribution < 1.29 is 14.3 Å². The van der Waals surface area contributed by atoms with E-state index in [1.54, 1.807) is 48.8 Å². The summed E-state index contributed by atoms with van der Waals surface area (Å²) in [5.74, 6) is -0.659. The van der Waals surface area contributed by atoms with Gasteiger partial charge in [-0.3, -0.25) is 9.59 Å². The summed E-state index contributed by atoms with van der Waals surface area (Å²) in [6, 6.07) is 11.8. The number of nitrogens with zero attached hydrogens (tertiary/aromatic N) is 3. The average molecular weight is 337 g/mol. The lowest BCUT2D eigenvalue weighted by Crippen LogP contribution is -2.14. The van der Waals surface area contributed by atoms with Crippen molar-refractivity contribution in [2.45, 2.75) is 0 Å². The maximum absolute atomic E-state index is 12.3. The van der Waals surface area contributed by atoms with Crippen molar-refractivity contribution in [1.82, 2.24) is 14.8 Å². The van der Waals surface area contributed by atoms with Crippen LogP contribution in [0.25, 0.3) is 5.69 Å². The molecule has 0 bridgehead atoms. The zero-order valence-electron chi connectivity index (χ0n) is 13.3. The predicted octanol–water partition coefficient (Wildman–Crippen LogP) is 1.63. The number of anilines is 1. The fourth-order valence-corrected chi connectivity index (χ4v) is 2.22. The van der Waals surface area contributed by atoms with Crippen LogP contribution in [0.3, 0.4) is 0 Å². The van der Waals surface area contributed by atoms with Crippen molar-refractivity contribution >= 4 is 17.5 Å². The molecule has 0 saturated carbocycles. The van der Waals surface area contributed by atoms with E-state index >= 15 is 0 Å². The van der Waals surface area contributed by atoms with Crippen LogP contribution in [0.4, 0.5) is 5.69 Å². The lowest BCUT2D eigenvalue weighted by Gasteiger charge is -2.09. The second-order valence-electron chi connectivity index (χ2n) is 5.07. The quantitative estimate of drug-likeness (QED) is 0.735. The molecule has 0 saturated heterocycles. The van der Waals surface area contributed by atoms with Crippen molar-refractivity contribution in [3.63, 3.8) is 0 Å². The summed E-state index contributed by atoms with van der Waals surface area (Å²) in [7, 11) is 1.46. The maximum Gasteiger partial charge on any atom is 0.269 e. The predicted molar refractivity (Wildman–Crippen MR) is 90.8 cm³/mol. The van der Waals surface area contributed by atoms with Gasteiger partial charge in [0.25, 0.3) is 11.8 Å². The number of methoxy groups -OCH3 is 1. The Bertz CT molecular complexity index is 918. The molecular formula is C17H15N5O3. The van der Waals surface area contributed by atoms with Gasteiger partial charge in [0.1, 0.15) is 11.3 Å². The molecule has 2 aromatic heterocycles. The van der Waals surface area contributed by atoms with E-state index < -0.39 is 5.91 Å². The molecule has 3 aromatic rings. The molecule has 0 spiro atoms. The highest BCUT2D eigenvalue weighted by Gasteiger charge is 2.13. The minimum absolute atomic E-state index is 0.182. The number of benzene rings is 1. The van der Waals surface area contributed by atoms with Gasteiger partial charge in [0, 0.05) is 18.1 Å². The summed E-state index contributed by atoms with van der Waals surface area (Å²) in [4.78, 5) is 27.4. The number of carbonyl (C=O) groups excluding carboxylic acids is 2. The van der Waals surface area contributed by atoms with E-state index in [1.165, 1.54) is 17.9 Å². The summed E-state index contributed by atoms with van der Waals surface area (Å²) in [6.07, 6.45) is 3.18. The van der Waals surface area contributed by atoms with Gasteiger partial charge in [0.05, 0.1) is 12.8 Å². The number of carbonyl (C=O) groups is 2.